The highest BCUT2D eigenvalue weighted by Crippen LogP contribution is 2.34. The van der Waals surface area contributed by atoms with E-state index in [0.717, 1.165) is 5.56 Å². The molecule has 0 saturated heterocycles. The van der Waals surface area contributed by atoms with Gasteiger partial charge >= 0.3 is 0 Å². The van der Waals surface area contributed by atoms with Gasteiger partial charge in [0.05, 0.1) is 5.02 Å². The van der Waals surface area contributed by atoms with E-state index >= 15 is 0 Å². The number of halogens is 2. The first-order valence-corrected chi connectivity index (χ1v) is 7.46. The fourth-order valence-corrected chi connectivity index (χ4v) is 2.53. The Bertz CT molecular complexity index is 714. The lowest BCUT2D eigenvalue weighted by Gasteiger charge is -2.24. The molecule has 0 bridgehead atoms. The van der Waals surface area contributed by atoms with Gasteiger partial charge in [-0.3, -0.25) is 0 Å². The summed E-state index contributed by atoms with van der Waals surface area (Å²) in [6, 6.07) is 12.6. The minimum atomic E-state index is -0.745. The third kappa shape index (κ3) is 3.75. The summed E-state index contributed by atoms with van der Waals surface area (Å²) in [5.74, 6) is 7.23. The predicted octanol–water partition coefficient (Wildman–Crippen LogP) is 5.67. The lowest BCUT2D eigenvalue weighted by atomic mass is 9.96. The molecule has 114 valence electrons. The van der Waals surface area contributed by atoms with E-state index in [-0.39, 0.29) is 0 Å². The summed E-state index contributed by atoms with van der Waals surface area (Å²) in [5, 5.41) is 1.20. The normalized spacial score (nSPS) is 13.0. The Morgan fingerprint density at radius 2 is 1.64 bits per heavy atom. The van der Waals surface area contributed by atoms with Crippen molar-refractivity contribution in [1.82, 2.24) is 0 Å². The monoisotopic (exact) mass is 334 g/mol. The molecule has 0 aliphatic carbocycles. The van der Waals surface area contributed by atoms with E-state index in [1.807, 2.05) is 19.1 Å². The van der Waals surface area contributed by atoms with Crippen molar-refractivity contribution in [3.05, 3.63) is 58.1 Å². The third-order valence-electron chi connectivity index (χ3n) is 3.28. The van der Waals surface area contributed by atoms with Gasteiger partial charge in [-0.2, -0.15) is 0 Å². The summed E-state index contributed by atoms with van der Waals surface area (Å²) < 4.78 is 11.3. The Kier molecular flexibility index (Phi) is 5.37. The molecule has 2 rings (SSSR count). The molecule has 0 aromatic heterocycles. The maximum atomic E-state index is 6.37. The van der Waals surface area contributed by atoms with E-state index in [1.54, 1.807) is 44.4 Å². The summed E-state index contributed by atoms with van der Waals surface area (Å²) in [6.45, 7) is 3.65. The quantitative estimate of drug-likeness (QED) is 0.670. The van der Waals surface area contributed by atoms with Crippen molar-refractivity contribution in [2.75, 3.05) is 7.11 Å². The van der Waals surface area contributed by atoms with Crippen molar-refractivity contribution in [2.45, 2.75) is 19.4 Å². The van der Waals surface area contributed by atoms with Crippen LogP contribution in [0, 0.1) is 11.8 Å². The highest BCUT2D eigenvalue weighted by molar-refractivity contribution is 6.31. The minimum absolute atomic E-state index is 0.540. The van der Waals surface area contributed by atoms with Gasteiger partial charge < -0.3 is 9.47 Å². The van der Waals surface area contributed by atoms with E-state index in [4.69, 9.17) is 32.7 Å². The van der Waals surface area contributed by atoms with Gasteiger partial charge in [-0.25, -0.2) is 0 Å². The number of hydrogen-bond acceptors (Lipinski definition) is 2. The second-order valence-electron chi connectivity index (χ2n) is 4.81. The van der Waals surface area contributed by atoms with Crippen molar-refractivity contribution >= 4 is 23.2 Å². The van der Waals surface area contributed by atoms with E-state index in [0.29, 0.717) is 21.5 Å². The van der Waals surface area contributed by atoms with Crippen molar-refractivity contribution in [3.63, 3.8) is 0 Å². The first kappa shape index (κ1) is 16.7. The topological polar surface area (TPSA) is 18.5 Å². The van der Waals surface area contributed by atoms with E-state index in [1.165, 1.54) is 0 Å². The first-order chi connectivity index (χ1) is 10.5. The molecule has 1 unspecified atom stereocenters. The van der Waals surface area contributed by atoms with Gasteiger partial charge in [0.2, 0.25) is 0 Å². The molecule has 4 heteroatoms. The molecule has 0 radical (unpaired) electrons. The van der Waals surface area contributed by atoms with Crippen molar-refractivity contribution in [1.29, 1.82) is 0 Å². The SMILES string of the molecule is CC#CC(C)(OC)c1ccc(Oc2ccc(Cl)cc2)cc1Cl. The van der Waals surface area contributed by atoms with Crippen LogP contribution in [0.3, 0.4) is 0 Å². The number of methoxy groups -OCH3 is 1. The smallest absolute Gasteiger partial charge is 0.152 e. The second kappa shape index (κ2) is 7.07. The van der Waals surface area contributed by atoms with Gasteiger partial charge in [0.15, 0.2) is 5.60 Å². The van der Waals surface area contributed by atoms with Crippen molar-refractivity contribution < 1.29 is 9.47 Å². The van der Waals surface area contributed by atoms with E-state index in [2.05, 4.69) is 11.8 Å². The standard InChI is InChI=1S/C18H16Cl2O2/c1-4-11-18(2,21-3)16-10-9-15(12-17(16)20)22-14-7-5-13(19)6-8-14/h5-10,12H,1-3H3. The largest absolute Gasteiger partial charge is 0.457 e. The van der Waals surface area contributed by atoms with E-state index < -0.39 is 5.60 Å². The van der Waals surface area contributed by atoms with Crippen LogP contribution in [-0.2, 0) is 10.3 Å². The summed E-state index contributed by atoms with van der Waals surface area (Å²) in [6.07, 6.45) is 0. The van der Waals surface area contributed by atoms with Crippen LogP contribution < -0.4 is 4.74 Å². The van der Waals surface area contributed by atoms with E-state index in [9.17, 15) is 0 Å². The zero-order valence-electron chi connectivity index (χ0n) is 12.6. The Labute approximate surface area is 141 Å². The molecule has 0 spiro atoms. The Morgan fingerprint density at radius 3 is 2.18 bits per heavy atom. The van der Waals surface area contributed by atoms with Gasteiger partial charge in [0.1, 0.15) is 11.5 Å². The number of rotatable bonds is 4. The van der Waals surface area contributed by atoms with Crippen LogP contribution in [0.2, 0.25) is 10.0 Å². The van der Waals surface area contributed by atoms with Gasteiger partial charge in [0, 0.05) is 17.7 Å². The van der Waals surface area contributed by atoms with Crippen LogP contribution >= 0.6 is 23.2 Å². The van der Waals surface area contributed by atoms with Crippen LogP contribution in [0.15, 0.2) is 42.5 Å². The highest BCUT2D eigenvalue weighted by Gasteiger charge is 2.26. The minimum Gasteiger partial charge on any atom is -0.457 e. The summed E-state index contributed by atoms with van der Waals surface area (Å²) >= 11 is 12.2. The molecule has 0 aliphatic rings. The molecule has 0 N–H and O–H groups in total. The predicted molar refractivity (Wildman–Crippen MR) is 90.8 cm³/mol. The Balaban J connectivity index is 2.29. The Morgan fingerprint density at radius 1 is 1.00 bits per heavy atom. The Hall–Kier alpha value is -1.66. The van der Waals surface area contributed by atoms with Crippen molar-refractivity contribution in [2.24, 2.45) is 0 Å². The molecule has 0 amide bonds. The second-order valence-corrected chi connectivity index (χ2v) is 5.65. The van der Waals surface area contributed by atoms with Crippen molar-refractivity contribution in [3.8, 4) is 23.3 Å². The maximum Gasteiger partial charge on any atom is 0.152 e. The molecule has 2 nitrogen and oxygen atoms in total. The number of ether oxygens (including phenoxy) is 2. The van der Waals surface area contributed by atoms with Gasteiger partial charge in [-0.15, -0.1) is 5.92 Å². The molecule has 0 heterocycles. The summed E-state index contributed by atoms with van der Waals surface area (Å²) in [4.78, 5) is 0. The first-order valence-electron chi connectivity index (χ1n) is 6.71. The van der Waals surface area contributed by atoms with Gasteiger partial charge in [-0.05, 0) is 56.3 Å². The molecule has 2 aromatic rings. The molecular weight excluding hydrogens is 319 g/mol. The van der Waals surface area contributed by atoms with Gasteiger partial charge in [0.25, 0.3) is 0 Å². The molecule has 0 fully saturated rings. The van der Waals surface area contributed by atoms with Crippen LogP contribution in [0.5, 0.6) is 11.5 Å². The molecular formula is C18H16Cl2O2. The fraction of sp³-hybridized carbons (Fsp3) is 0.222. The fourth-order valence-electron chi connectivity index (χ4n) is 2.05. The highest BCUT2D eigenvalue weighted by atomic mass is 35.5. The zero-order valence-corrected chi connectivity index (χ0v) is 14.1. The molecule has 0 saturated carbocycles. The molecule has 2 aromatic carbocycles. The third-order valence-corrected chi connectivity index (χ3v) is 3.84. The molecule has 1 atom stereocenters. The molecule has 0 aliphatic heterocycles. The summed E-state index contributed by atoms with van der Waals surface area (Å²) in [5.41, 5.74) is 0.0550. The zero-order chi connectivity index (χ0) is 16.2. The maximum absolute atomic E-state index is 6.37. The average molecular weight is 335 g/mol. The van der Waals surface area contributed by atoms with Gasteiger partial charge in [-0.1, -0.05) is 29.1 Å². The number of hydrogen-bond donors (Lipinski definition) is 0. The van der Waals surface area contributed by atoms with Crippen LogP contribution in [0.4, 0.5) is 0 Å². The lowest BCUT2D eigenvalue weighted by molar-refractivity contribution is 0.0552. The van der Waals surface area contributed by atoms with Crippen LogP contribution in [0.25, 0.3) is 0 Å². The summed E-state index contributed by atoms with van der Waals surface area (Å²) in [7, 11) is 1.61. The number of benzene rings is 2. The molecule has 22 heavy (non-hydrogen) atoms. The average Bonchev–Trinajstić information content (AvgIpc) is 2.50. The van der Waals surface area contributed by atoms with Crippen LogP contribution in [-0.4, -0.2) is 7.11 Å². The van der Waals surface area contributed by atoms with Crippen LogP contribution in [0.1, 0.15) is 19.4 Å². The lowest BCUT2D eigenvalue weighted by Crippen LogP contribution is -2.22.